The molecule has 2 unspecified atom stereocenters. The number of hydrogen-bond acceptors (Lipinski definition) is 2. The predicted octanol–water partition coefficient (Wildman–Crippen LogP) is 3.46. The highest BCUT2D eigenvalue weighted by atomic mass is 35.5. The van der Waals surface area contributed by atoms with E-state index in [2.05, 4.69) is 5.32 Å². The van der Waals surface area contributed by atoms with Gasteiger partial charge in [0.2, 0.25) is 5.91 Å². The van der Waals surface area contributed by atoms with Crippen LogP contribution in [0.4, 0.5) is 0 Å². The lowest BCUT2D eigenvalue weighted by molar-refractivity contribution is -0.126. The minimum Gasteiger partial charge on any atom is -0.349 e. The number of carbonyl (C=O) groups excluding carboxylic acids is 1. The molecule has 0 aliphatic heterocycles. The molecule has 0 bridgehead atoms. The third-order valence-electron chi connectivity index (χ3n) is 3.79. The molecule has 112 valence electrons. The molecule has 1 saturated carbocycles. The Morgan fingerprint density at radius 2 is 2.20 bits per heavy atom. The van der Waals surface area contributed by atoms with Crippen molar-refractivity contribution < 1.29 is 4.79 Å². The normalized spacial score (nSPS) is 23.6. The Morgan fingerprint density at radius 1 is 1.45 bits per heavy atom. The van der Waals surface area contributed by atoms with Crippen LogP contribution >= 0.6 is 24.0 Å². The van der Waals surface area contributed by atoms with Crippen molar-refractivity contribution >= 4 is 29.9 Å². The summed E-state index contributed by atoms with van der Waals surface area (Å²) in [6.07, 6.45) is 3.83. The maximum absolute atomic E-state index is 12.2. The standard InChI is InChI=1S/C15H21ClN2O.ClH/c1-10(11-4-2-6-13(16)8-11)18-15(19)12-5-3-7-14(17)9-12;/h2,4,6,8,10,12,14H,3,5,7,9,17H2,1H3,(H,18,19);1H/t10-,12?,14?;/m1./s1. The Labute approximate surface area is 131 Å². The molecule has 0 aromatic heterocycles. The summed E-state index contributed by atoms with van der Waals surface area (Å²) in [4.78, 5) is 12.2. The Balaban J connectivity index is 0.00000200. The van der Waals surface area contributed by atoms with E-state index in [-0.39, 0.29) is 36.3 Å². The number of amides is 1. The number of rotatable bonds is 3. The van der Waals surface area contributed by atoms with E-state index in [1.807, 2.05) is 31.2 Å². The number of carbonyl (C=O) groups is 1. The lowest BCUT2D eigenvalue weighted by Gasteiger charge is -2.27. The van der Waals surface area contributed by atoms with Gasteiger partial charge in [-0.15, -0.1) is 12.4 Å². The third-order valence-corrected chi connectivity index (χ3v) is 4.03. The first-order valence-electron chi connectivity index (χ1n) is 6.87. The first-order chi connectivity index (χ1) is 9.06. The van der Waals surface area contributed by atoms with Gasteiger partial charge in [0.1, 0.15) is 0 Å². The minimum atomic E-state index is -0.0237. The molecule has 1 aliphatic carbocycles. The fourth-order valence-corrected chi connectivity index (χ4v) is 2.85. The highest BCUT2D eigenvalue weighted by molar-refractivity contribution is 6.30. The molecule has 1 amide bonds. The van der Waals surface area contributed by atoms with Crippen molar-refractivity contribution in [3.63, 3.8) is 0 Å². The van der Waals surface area contributed by atoms with Crippen molar-refractivity contribution in [2.75, 3.05) is 0 Å². The second kappa shape index (κ2) is 7.87. The monoisotopic (exact) mass is 316 g/mol. The van der Waals surface area contributed by atoms with Crippen molar-refractivity contribution in [3.8, 4) is 0 Å². The van der Waals surface area contributed by atoms with Gasteiger partial charge in [0.25, 0.3) is 0 Å². The first-order valence-corrected chi connectivity index (χ1v) is 7.25. The van der Waals surface area contributed by atoms with Gasteiger partial charge in [0, 0.05) is 17.0 Å². The fourth-order valence-electron chi connectivity index (χ4n) is 2.66. The first kappa shape index (κ1) is 17.3. The van der Waals surface area contributed by atoms with Crippen molar-refractivity contribution in [2.24, 2.45) is 11.7 Å². The largest absolute Gasteiger partial charge is 0.349 e. The molecule has 0 heterocycles. The molecule has 3 nitrogen and oxygen atoms in total. The average Bonchev–Trinajstić information content (AvgIpc) is 2.38. The molecule has 5 heteroatoms. The predicted molar refractivity (Wildman–Crippen MR) is 85.2 cm³/mol. The van der Waals surface area contributed by atoms with Gasteiger partial charge < -0.3 is 11.1 Å². The van der Waals surface area contributed by atoms with Gasteiger partial charge in [0.15, 0.2) is 0 Å². The van der Waals surface area contributed by atoms with Crippen LogP contribution in [0, 0.1) is 5.92 Å². The van der Waals surface area contributed by atoms with Crippen LogP contribution in [0.1, 0.15) is 44.2 Å². The van der Waals surface area contributed by atoms with Gasteiger partial charge in [-0.2, -0.15) is 0 Å². The second-order valence-electron chi connectivity index (χ2n) is 5.41. The molecule has 3 atom stereocenters. The third kappa shape index (κ3) is 4.65. The summed E-state index contributed by atoms with van der Waals surface area (Å²) < 4.78 is 0. The molecule has 1 aromatic carbocycles. The van der Waals surface area contributed by atoms with E-state index in [9.17, 15) is 4.79 Å². The van der Waals surface area contributed by atoms with E-state index < -0.39 is 0 Å². The molecule has 0 radical (unpaired) electrons. The average molecular weight is 317 g/mol. The second-order valence-corrected chi connectivity index (χ2v) is 5.85. The fraction of sp³-hybridized carbons (Fsp3) is 0.533. The lowest BCUT2D eigenvalue weighted by atomic mass is 9.85. The van der Waals surface area contributed by atoms with E-state index in [0.717, 1.165) is 31.2 Å². The summed E-state index contributed by atoms with van der Waals surface area (Å²) >= 11 is 5.96. The van der Waals surface area contributed by atoms with Crippen molar-refractivity contribution in [2.45, 2.75) is 44.7 Å². The van der Waals surface area contributed by atoms with Crippen LogP contribution in [0.2, 0.25) is 5.02 Å². The summed E-state index contributed by atoms with van der Waals surface area (Å²) in [6, 6.07) is 7.74. The molecule has 3 N–H and O–H groups in total. The van der Waals surface area contributed by atoms with Crippen LogP contribution in [0.5, 0.6) is 0 Å². The van der Waals surface area contributed by atoms with Crippen LogP contribution in [0.3, 0.4) is 0 Å². The van der Waals surface area contributed by atoms with E-state index in [1.165, 1.54) is 0 Å². The van der Waals surface area contributed by atoms with E-state index in [4.69, 9.17) is 17.3 Å². The summed E-state index contributed by atoms with van der Waals surface area (Å²) in [5.74, 6) is 0.174. The maximum atomic E-state index is 12.2. The van der Waals surface area contributed by atoms with Crippen LogP contribution in [0.15, 0.2) is 24.3 Å². The van der Waals surface area contributed by atoms with Crippen LogP contribution in [0.25, 0.3) is 0 Å². The molecule has 0 spiro atoms. The Morgan fingerprint density at radius 3 is 2.85 bits per heavy atom. The zero-order chi connectivity index (χ0) is 13.8. The molecular weight excluding hydrogens is 295 g/mol. The molecule has 0 saturated heterocycles. The summed E-state index contributed by atoms with van der Waals surface area (Å²) in [6.45, 7) is 1.98. The van der Waals surface area contributed by atoms with Gasteiger partial charge in [0.05, 0.1) is 6.04 Å². The van der Waals surface area contributed by atoms with E-state index >= 15 is 0 Å². The Bertz CT molecular complexity index is 453. The van der Waals surface area contributed by atoms with Crippen LogP contribution in [-0.2, 0) is 4.79 Å². The number of halogens is 2. The lowest BCUT2D eigenvalue weighted by Crippen LogP contribution is -2.38. The summed E-state index contributed by atoms with van der Waals surface area (Å²) in [7, 11) is 0. The quantitative estimate of drug-likeness (QED) is 0.897. The van der Waals surface area contributed by atoms with E-state index in [1.54, 1.807) is 0 Å². The molecule has 1 fully saturated rings. The number of hydrogen-bond donors (Lipinski definition) is 2. The number of nitrogens with two attached hydrogens (primary N) is 1. The highest BCUT2D eigenvalue weighted by Gasteiger charge is 2.26. The zero-order valence-electron chi connectivity index (χ0n) is 11.6. The number of nitrogens with one attached hydrogen (secondary N) is 1. The smallest absolute Gasteiger partial charge is 0.223 e. The van der Waals surface area contributed by atoms with Gasteiger partial charge >= 0.3 is 0 Å². The van der Waals surface area contributed by atoms with Crippen LogP contribution in [-0.4, -0.2) is 11.9 Å². The van der Waals surface area contributed by atoms with Gasteiger partial charge in [-0.05, 0) is 43.9 Å². The topological polar surface area (TPSA) is 55.1 Å². The van der Waals surface area contributed by atoms with E-state index in [0.29, 0.717) is 5.02 Å². The van der Waals surface area contributed by atoms with Crippen molar-refractivity contribution in [1.82, 2.24) is 5.32 Å². The highest BCUT2D eigenvalue weighted by Crippen LogP contribution is 2.24. The van der Waals surface area contributed by atoms with Gasteiger partial charge in [-0.25, -0.2) is 0 Å². The maximum Gasteiger partial charge on any atom is 0.223 e. The molecule has 2 rings (SSSR count). The minimum absolute atomic E-state index is 0. The summed E-state index contributed by atoms with van der Waals surface area (Å²) in [5, 5.41) is 3.75. The van der Waals surface area contributed by atoms with Gasteiger partial charge in [-0.3, -0.25) is 4.79 Å². The molecule has 20 heavy (non-hydrogen) atoms. The van der Waals surface area contributed by atoms with Crippen molar-refractivity contribution in [3.05, 3.63) is 34.9 Å². The molecular formula is C15H22Cl2N2O. The Kier molecular flexibility index (Phi) is 6.80. The van der Waals surface area contributed by atoms with Crippen molar-refractivity contribution in [1.29, 1.82) is 0 Å². The Hall–Kier alpha value is -0.770. The van der Waals surface area contributed by atoms with Gasteiger partial charge in [-0.1, -0.05) is 30.2 Å². The summed E-state index contributed by atoms with van der Waals surface area (Å²) in [5.41, 5.74) is 6.96. The SMILES string of the molecule is C[C@@H](NC(=O)C1CCCC(N)C1)c1cccc(Cl)c1.Cl. The zero-order valence-corrected chi connectivity index (χ0v) is 13.2. The number of benzene rings is 1. The molecule has 1 aliphatic rings. The van der Waals surface area contributed by atoms with Crippen LogP contribution < -0.4 is 11.1 Å². The molecule has 1 aromatic rings.